The zero-order chi connectivity index (χ0) is 14.7. The Morgan fingerprint density at radius 2 is 2.05 bits per heavy atom. The van der Waals surface area contributed by atoms with Crippen molar-refractivity contribution in [3.05, 3.63) is 48.4 Å². The first-order valence-corrected chi connectivity index (χ1v) is 6.50. The molecule has 0 bridgehead atoms. The molecule has 1 aromatic carbocycles. The number of fused-ring (bicyclic) bond motifs is 1. The molecule has 0 fully saturated rings. The highest BCUT2D eigenvalue weighted by atomic mass is 16.6. The Kier molecular flexibility index (Phi) is 3.59. The van der Waals surface area contributed by atoms with Crippen molar-refractivity contribution in [1.82, 2.24) is 5.43 Å². The second-order valence-electron chi connectivity index (χ2n) is 4.51. The number of para-hydroxylation sites is 2. The van der Waals surface area contributed by atoms with Crippen molar-refractivity contribution in [3.8, 4) is 11.5 Å². The number of benzene rings is 1. The van der Waals surface area contributed by atoms with Gasteiger partial charge in [0.05, 0.1) is 6.26 Å². The van der Waals surface area contributed by atoms with Gasteiger partial charge in [0.2, 0.25) is 6.10 Å². The summed E-state index contributed by atoms with van der Waals surface area (Å²) in [6, 6.07) is 10.7. The predicted molar refractivity (Wildman–Crippen MR) is 75.4 cm³/mol. The van der Waals surface area contributed by atoms with Crippen LogP contribution in [0, 0.1) is 0 Å². The summed E-state index contributed by atoms with van der Waals surface area (Å²) >= 11 is 0. The van der Waals surface area contributed by atoms with Gasteiger partial charge >= 0.3 is 0 Å². The summed E-state index contributed by atoms with van der Waals surface area (Å²) in [5.74, 6) is 1.42. The van der Waals surface area contributed by atoms with E-state index < -0.39 is 6.10 Å². The van der Waals surface area contributed by atoms with Crippen LogP contribution in [-0.4, -0.2) is 24.3 Å². The normalized spacial score (nSPS) is 17.4. The highest BCUT2D eigenvalue weighted by Gasteiger charge is 2.27. The maximum Gasteiger partial charge on any atom is 0.284 e. The molecule has 6 heteroatoms. The predicted octanol–water partition coefficient (Wildman–Crippen LogP) is 1.96. The second kappa shape index (κ2) is 5.70. The molecule has 6 nitrogen and oxygen atoms in total. The van der Waals surface area contributed by atoms with Crippen molar-refractivity contribution in [1.29, 1.82) is 0 Å². The molecule has 1 atom stereocenters. The summed E-state index contributed by atoms with van der Waals surface area (Å²) in [5.41, 5.74) is 3.03. The average molecular weight is 286 g/mol. The zero-order valence-corrected chi connectivity index (χ0v) is 11.4. The average Bonchev–Trinajstić information content (AvgIpc) is 3.06. The SMILES string of the molecule is C/C(=N\NC(=O)[C@H]1COc2ccccc2O1)c1ccco1. The van der Waals surface area contributed by atoms with E-state index >= 15 is 0 Å². The van der Waals surface area contributed by atoms with E-state index in [1.807, 2.05) is 12.1 Å². The van der Waals surface area contributed by atoms with E-state index in [2.05, 4.69) is 10.5 Å². The largest absolute Gasteiger partial charge is 0.485 e. The van der Waals surface area contributed by atoms with Crippen LogP contribution < -0.4 is 14.9 Å². The summed E-state index contributed by atoms with van der Waals surface area (Å²) in [6.07, 6.45) is 0.818. The van der Waals surface area contributed by atoms with Crippen LogP contribution in [-0.2, 0) is 4.79 Å². The molecule has 1 amide bonds. The first-order chi connectivity index (χ1) is 10.2. The number of hydrogen-bond donors (Lipinski definition) is 1. The van der Waals surface area contributed by atoms with Crippen molar-refractivity contribution >= 4 is 11.6 Å². The molecular weight excluding hydrogens is 272 g/mol. The lowest BCUT2D eigenvalue weighted by atomic mass is 10.2. The van der Waals surface area contributed by atoms with Crippen LogP contribution in [0.4, 0.5) is 0 Å². The maximum absolute atomic E-state index is 12.0. The van der Waals surface area contributed by atoms with E-state index in [1.54, 1.807) is 37.5 Å². The molecule has 1 aliphatic rings. The molecule has 0 spiro atoms. The van der Waals surface area contributed by atoms with Gasteiger partial charge in [0.1, 0.15) is 18.1 Å². The molecule has 2 heterocycles. The third-order valence-corrected chi connectivity index (χ3v) is 3.01. The third kappa shape index (κ3) is 2.89. The summed E-state index contributed by atoms with van der Waals surface area (Å²) in [4.78, 5) is 12.0. The van der Waals surface area contributed by atoms with Gasteiger partial charge < -0.3 is 13.9 Å². The number of ether oxygens (including phenoxy) is 2. The highest BCUT2D eigenvalue weighted by molar-refractivity contribution is 5.97. The van der Waals surface area contributed by atoms with Gasteiger partial charge in [0.15, 0.2) is 11.5 Å². The quantitative estimate of drug-likeness (QED) is 0.691. The van der Waals surface area contributed by atoms with Gasteiger partial charge in [-0.3, -0.25) is 4.79 Å². The summed E-state index contributed by atoms with van der Waals surface area (Å²) in [6.45, 7) is 1.89. The number of hydrazone groups is 1. The molecule has 0 saturated carbocycles. The van der Waals surface area contributed by atoms with E-state index in [0.29, 0.717) is 23.0 Å². The van der Waals surface area contributed by atoms with E-state index in [-0.39, 0.29) is 12.5 Å². The van der Waals surface area contributed by atoms with Gasteiger partial charge in [-0.2, -0.15) is 5.10 Å². The Bertz CT molecular complexity index is 664. The summed E-state index contributed by atoms with van der Waals surface area (Å²) in [7, 11) is 0. The molecule has 1 aliphatic heterocycles. The van der Waals surface area contributed by atoms with Crippen molar-refractivity contribution in [2.24, 2.45) is 5.10 Å². The molecule has 0 aliphatic carbocycles. The lowest BCUT2D eigenvalue weighted by Gasteiger charge is -2.24. The fourth-order valence-electron chi connectivity index (χ4n) is 1.90. The lowest BCUT2D eigenvalue weighted by molar-refractivity contribution is -0.130. The molecule has 3 rings (SSSR count). The summed E-state index contributed by atoms with van der Waals surface area (Å²) < 4.78 is 16.3. The molecule has 0 saturated heterocycles. The van der Waals surface area contributed by atoms with Gasteiger partial charge in [0.25, 0.3) is 5.91 Å². The van der Waals surface area contributed by atoms with Crippen LogP contribution in [0.5, 0.6) is 11.5 Å². The molecule has 1 aromatic heterocycles. The van der Waals surface area contributed by atoms with Gasteiger partial charge in [-0.05, 0) is 31.2 Å². The summed E-state index contributed by atoms with van der Waals surface area (Å²) in [5, 5.41) is 3.99. The standard InChI is InChI=1S/C15H14N2O4/c1-10(11-7-4-8-19-11)16-17-15(18)14-9-20-12-5-2-3-6-13(12)21-14/h2-8,14H,9H2,1H3,(H,17,18)/b16-10+/t14-/m1/s1. The topological polar surface area (TPSA) is 73.1 Å². The second-order valence-corrected chi connectivity index (χ2v) is 4.51. The Morgan fingerprint density at radius 1 is 1.24 bits per heavy atom. The molecule has 108 valence electrons. The molecule has 0 unspecified atom stereocenters. The van der Waals surface area contributed by atoms with Crippen LogP contribution in [0.3, 0.4) is 0 Å². The number of rotatable bonds is 3. The third-order valence-electron chi connectivity index (χ3n) is 3.01. The fourth-order valence-corrected chi connectivity index (χ4v) is 1.90. The van der Waals surface area contributed by atoms with Crippen molar-refractivity contribution in [3.63, 3.8) is 0 Å². The lowest BCUT2D eigenvalue weighted by Crippen LogP contribution is -2.42. The number of nitrogens with zero attached hydrogens (tertiary/aromatic N) is 1. The maximum atomic E-state index is 12.0. The molecule has 21 heavy (non-hydrogen) atoms. The number of amides is 1. The zero-order valence-electron chi connectivity index (χ0n) is 11.4. The molecule has 2 aromatic rings. The minimum Gasteiger partial charge on any atom is -0.485 e. The van der Waals surface area contributed by atoms with Crippen molar-refractivity contribution in [2.75, 3.05) is 6.61 Å². The van der Waals surface area contributed by atoms with Crippen LogP contribution in [0.15, 0.2) is 52.2 Å². The van der Waals surface area contributed by atoms with E-state index in [9.17, 15) is 4.79 Å². The van der Waals surface area contributed by atoms with Crippen LogP contribution in [0.2, 0.25) is 0 Å². The minimum absolute atomic E-state index is 0.151. The Balaban J connectivity index is 1.63. The van der Waals surface area contributed by atoms with E-state index in [4.69, 9.17) is 13.9 Å². The number of carbonyl (C=O) groups is 1. The number of furan rings is 1. The van der Waals surface area contributed by atoms with Gasteiger partial charge in [-0.1, -0.05) is 12.1 Å². The Hall–Kier alpha value is -2.76. The van der Waals surface area contributed by atoms with Crippen LogP contribution in [0.25, 0.3) is 0 Å². The van der Waals surface area contributed by atoms with Gasteiger partial charge in [-0.15, -0.1) is 0 Å². The monoisotopic (exact) mass is 286 g/mol. The van der Waals surface area contributed by atoms with Gasteiger partial charge in [0, 0.05) is 0 Å². The van der Waals surface area contributed by atoms with Gasteiger partial charge in [-0.25, -0.2) is 5.43 Å². The number of carbonyl (C=O) groups excluding carboxylic acids is 1. The Morgan fingerprint density at radius 3 is 2.81 bits per heavy atom. The van der Waals surface area contributed by atoms with Crippen molar-refractivity contribution < 1.29 is 18.7 Å². The highest BCUT2D eigenvalue weighted by Crippen LogP contribution is 2.30. The number of nitrogens with one attached hydrogen (secondary N) is 1. The van der Waals surface area contributed by atoms with E-state index in [0.717, 1.165) is 0 Å². The smallest absolute Gasteiger partial charge is 0.284 e. The van der Waals surface area contributed by atoms with Crippen LogP contribution >= 0.6 is 0 Å². The molecule has 0 radical (unpaired) electrons. The van der Waals surface area contributed by atoms with Crippen LogP contribution in [0.1, 0.15) is 12.7 Å². The van der Waals surface area contributed by atoms with Crippen molar-refractivity contribution in [2.45, 2.75) is 13.0 Å². The first kappa shape index (κ1) is 13.2. The minimum atomic E-state index is -0.729. The number of hydrogen-bond acceptors (Lipinski definition) is 5. The first-order valence-electron chi connectivity index (χ1n) is 6.50. The molecular formula is C15H14N2O4. The fraction of sp³-hybridized carbons (Fsp3) is 0.200. The molecule has 1 N–H and O–H groups in total. The van der Waals surface area contributed by atoms with E-state index in [1.165, 1.54) is 0 Å². The Labute approximate surface area is 121 Å².